The van der Waals surface area contributed by atoms with Crippen LogP contribution in [0.25, 0.3) is 0 Å². The fraction of sp³-hybridized carbons (Fsp3) is 0.467. The number of aliphatic carboxylic acids is 1. The maximum atomic E-state index is 12.5. The van der Waals surface area contributed by atoms with Crippen LogP contribution >= 0.6 is 0 Å². The van der Waals surface area contributed by atoms with Gasteiger partial charge in [0.05, 0.1) is 12.5 Å². The van der Waals surface area contributed by atoms with E-state index in [2.05, 4.69) is 0 Å². The average molecular weight is 278 g/mol. The van der Waals surface area contributed by atoms with Crippen molar-refractivity contribution in [2.45, 2.75) is 33.2 Å². The Balaban J connectivity index is 3.05. The van der Waals surface area contributed by atoms with Crippen molar-refractivity contribution in [3.05, 3.63) is 29.8 Å². The van der Waals surface area contributed by atoms with Gasteiger partial charge in [0.2, 0.25) is 5.91 Å². The summed E-state index contributed by atoms with van der Waals surface area (Å²) >= 11 is 0. The third-order valence-electron chi connectivity index (χ3n) is 3.22. The van der Waals surface area contributed by atoms with Gasteiger partial charge in [-0.25, -0.2) is 0 Å². The summed E-state index contributed by atoms with van der Waals surface area (Å²) in [7, 11) is 0. The molecule has 0 aliphatic rings. The molecule has 0 aliphatic heterocycles. The molecule has 0 saturated carbocycles. The van der Waals surface area contributed by atoms with Gasteiger partial charge in [0.1, 0.15) is 0 Å². The smallest absolute Gasteiger partial charge is 0.305 e. The third-order valence-corrected chi connectivity index (χ3v) is 3.22. The van der Waals surface area contributed by atoms with Crippen LogP contribution in [0.1, 0.15) is 25.8 Å². The molecule has 0 fully saturated rings. The zero-order chi connectivity index (χ0) is 15.3. The molecule has 20 heavy (non-hydrogen) atoms. The molecule has 0 saturated heterocycles. The maximum Gasteiger partial charge on any atom is 0.305 e. The number of hydrogen-bond donors (Lipinski definition) is 2. The van der Waals surface area contributed by atoms with Crippen molar-refractivity contribution in [3.8, 4) is 0 Å². The molecule has 0 spiro atoms. The van der Waals surface area contributed by atoms with Crippen LogP contribution < -0.4 is 10.6 Å². The summed E-state index contributed by atoms with van der Waals surface area (Å²) in [6.45, 7) is 5.75. The van der Waals surface area contributed by atoms with Crippen molar-refractivity contribution in [2.24, 2.45) is 11.7 Å². The fourth-order valence-electron chi connectivity index (χ4n) is 1.89. The first kappa shape index (κ1) is 16.2. The summed E-state index contributed by atoms with van der Waals surface area (Å²) in [4.78, 5) is 24.7. The van der Waals surface area contributed by atoms with Crippen molar-refractivity contribution >= 4 is 17.6 Å². The van der Waals surface area contributed by atoms with Gasteiger partial charge < -0.3 is 15.7 Å². The van der Waals surface area contributed by atoms with Gasteiger partial charge in [0, 0.05) is 12.2 Å². The van der Waals surface area contributed by atoms with Gasteiger partial charge in [0.15, 0.2) is 0 Å². The van der Waals surface area contributed by atoms with Gasteiger partial charge in [-0.05, 0) is 24.5 Å². The molecule has 0 radical (unpaired) electrons. The number of carboxylic acids is 1. The van der Waals surface area contributed by atoms with E-state index in [1.54, 1.807) is 0 Å². The second kappa shape index (κ2) is 7.05. The molecule has 1 aromatic rings. The Morgan fingerprint density at radius 3 is 2.40 bits per heavy atom. The van der Waals surface area contributed by atoms with Crippen molar-refractivity contribution in [2.75, 3.05) is 11.4 Å². The van der Waals surface area contributed by atoms with Crippen LogP contribution in [0.3, 0.4) is 0 Å². The van der Waals surface area contributed by atoms with Crippen LogP contribution in [0, 0.1) is 12.8 Å². The van der Waals surface area contributed by atoms with Gasteiger partial charge in [-0.1, -0.05) is 32.0 Å². The number of benzene rings is 1. The Labute approximate surface area is 119 Å². The van der Waals surface area contributed by atoms with E-state index >= 15 is 0 Å². The highest BCUT2D eigenvalue weighted by atomic mass is 16.4. The summed E-state index contributed by atoms with van der Waals surface area (Å²) in [6, 6.07) is 6.76. The third kappa shape index (κ3) is 4.06. The molecule has 1 amide bonds. The second-order valence-corrected chi connectivity index (χ2v) is 5.19. The number of carbonyl (C=O) groups is 2. The van der Waals surface area contributed by atoms with Crippen LogP contribution in [0.5, 0.6) is 0 Å². The molecule has 1 aromatic carbocycles. The molecular weight excluding hydrogens is 256 g/mol. The highest BCUT2D eigenvalue weighted by Gasteiger charge is 2.25. The minimum absolute atomic E-state index is 0.00107. The minimum Gasteiger partial charge on any atom is -0.481 e. The van der Waals surface area contributed by atoms with Gasteiger partial charge >= 0.3 is 5.97 Å². The zero-order valence-corrected chi connectivity index (χ0v) is 12.2. The van der Waals surface area contributed by atoms with E-state index in [4.69, 9.17) is 10.8 Å². The predicted molar refractivity (Wildman–Crippen MR) is 78.6 cm³/mol. The van der Waals surface area contributed by atoms with Crippen LogP contribution in [-0.2, 0) is 9.59 Å². The molecule has 0 aliphatic carbocycles. The molecule has 0 aromatic heterocycles. The summed E-state index contributed by atoms with van der Waals surface area (Å²) < 4.78 is 0. The van der Waals surface area contributed by atoms with E-state index in [0.717, 1.165) is 11.3 Å². The van der Waals surface area contributed by atoms with Crippen molar-refractivity contribution in [3.63, 3.8) is 0 Å². The molecule has 0 heterocycles. The number of aryl methyl sites for hydroxylation is 1. The number of hydrogen-bond acceptors (Lipinski definition) is 3. The quantitative estimate of drug-likeness (QED) is 0.831. The van der Waals surface area contributed by atoms with Crippen molar-refractivity contribution < 1.29 is 14.7 Å². The molecule has 110 valence electrons. The topological polar surface area (TPSA) is 83.6 Å². The number of rotatable bonds is 6. The first-order chi connectivity index (χ1) is 9.34. The Morgan fingerprint density at radius 2 is 1.90 bits per heavy atom. The molecule has 3 N–H and O–H groups in total. The number of amides is 1. The van der Waals surface area contributed by atoms with Crippen LogP contribution in [0.15, 0.2) is 24.3 Å². The van der Waals surface area contributed by atoms with Crippen molar-refractivity contribution in [1.82, 2.24) is 0 Å². The lowest BCUT2D eigenvalue weighted by molar-refractivity contribution is -0.136. The van der Waals surface area contributed by atoms with E-state index in [-0.39, 0.29) is 24.8 Å². The zero-order valence-electron chi connectivity index (χ0n) is 12.2. The summed E-state index contributed by atoms with van der Waals surface area (Å²) in [6.07, 6.45) is -0.106. The Kier molecular flexibility index (Phi) is 5.70. The van der Waals surface area contributed by atoms with E-state index in [1.807, 2.05) is 45.0 Å². The second-order valence-electron chi connectivity index (χ2n) is 5.19. The normalized spacial score (nSPS) is 12.2. The standard InChI is InChI=1S/C15H22N2O3/c1-10(2)14(16)15(20)17(9-8-13(18)19)12-7-5-4-6-11(12)3/h4-7,10,14H,8-9,16H2,1-3H3,(H,18,19)/t14-/m1/s1. The minimum atomic E-state index is -0.936. The number of nitrogens with two attached hydrogens (primary N) is 1. The van der Waals surface area contributed by atoms with Crippen LogP contribution in [0.2, 0.25) is 0 Å². The molecule has 5 heteroatoms. The SMILES string of the molecule is Cc1ccccc1N(CCC(=O)O)C(=O)[C@H](N)C(C)C. The molecular formula is C15H22N2O3. The van der Waals surface area contributed by atoms with E-state index in [9.17, 15) is 9.59 Å². The summed E-state index contributed by atoms with van der Waals surface area (Å²) in [5.74, 6) is -1.18. The summed E-state index contributed by atoms with van der Waals surface area (Å²) in [5.41, 5.74) is 7.55. The van der Waals surface area contributed by atoms with Gasteiger partial charge in [-0.15, -0.1) is 0 Å². The fourth-order valence-corrected chi connectivity index (χ4v) is 1.89. The van der Waals surface area contributed by atoms with Crippen molar-refractivity contribution in [1.29, 1.82) is 0 Å². The molecule has 0 unspecified atom stereocenters. The monoisotopic (exact) mass is 278 g/mol. The van der Waals surface area contributed by atoms with Crippen LogP contribution in [-0.4, -0.2) is 29.6 Å². The lowest BCUT2D eigenvalue weighted by atomic mass is 10.0. The Hall–Kier alpha value is -1.88. The lowest BCUT2D eigenvalue weighted by Crippen LogP contribution is -2.47. The van der Waals surface area contributed by atoms with Gasteiger partial charge in [0.25, 0.3) is 0 Å². The highest BCUT2D eigenvalue weighted by Crippen LogP contribution is 2.21. The molecule has 5 nitrogen and oxygen atoms in total. The first-order valence-electron chi connectivity index (χ1n) is 6.69. The number of nitrogens with zero attached hydrogens (tertiary/aromatic N) is 1. The molecule has 0 bridgehead atoms. The lowest BCUT2D eigenvalue weighted by Gasteiger charge is -2.28. The maximum absolute atomic E-state index is 12.5. The highest BCUT2D eigenvalue weighted by molar-refractivity contribution is 5.98. The first-order valence-corrected chi connectivity index (χ1v) is 6.69. The van der Waals surface area contributed by atoms with E-state index in [1.165, 1.54) is 4.90 Å². The molecule has 1 rings (SSSR count). The largest absolute Gasteiger partial charge is 0.481 e. The Morgan fingerprint density at radius 1 is 1.30 bits per heavy atom. The average Bonchev–Trinajstić information content (AvgIpc) is 2.39. The predicted octanol–water partition coefficient (Wildman–Crippen LogP) is 1.79. The summed E-state index contributed by atoms with van der Waals surface area (Å²) in [5, 5.41) is 8.84. The van der Waals surface area contributed by atoms with E-state index < -0.39 is 12.0 Å². The number of para-hydroxylation sites is 1. The van der Waals surface area contributed by atoms with Gasteiger partial charge in [-0.3, -0.25) is 9.59 Å². The van der Waals surface area contributed by atoms with E-state index in [0.29, 0.717) is 0 Å². The Bertz CT molecular complexity index is 486. The number of carbonyl (C=O) groups excluding carboxylic acids is 1. The number of carboxylic acid groups (broad SMARTS) is 1. The number of anilines is 1. The van der Waals surface area contributed by atoms with Gasteiger partial charge in [-0.2, -0.15) is 0 Å². The van der Waals surface area contributed by atoms with Crippen LogP contribution in [0.4, 0.5) is 5.69 Å². The molecule has 1 atom stereocenters.